The number of nitro groups is 1. The molecule has 5 nitrogen and oxygen atoms in total. The van der Waals surface area contributed by atoms with Gasteiger partial charge in [0.05, 0.1) is 11.5 Å². The van der Waals surface area contributed by atoms with Crippen molar-refractivity contribution in [1.29, 1.82) is 0 Å². The third-order valence-electron chi connectivity index (χ3n) is 2.18. The predicted molar refractivity (Wildman–Crippen MR) is 53.7 cm³/mol. The number of ether oxygens (including phenoxy) is 1. The standard InChI is InChI=1S/C10H8F3NO4/c1-3-18-10(15)5-6(11)4(2)7(12)8(13)9(5)14(16)17/h3H2,1-2H3. The molecular weight excluding hydrogens is 255 g/mol. The Bertz CT molecular complexity index is 531. The fourth-order valence-corrected chi connectivity index (χ4v) is 1.33. The number of hydrogen-bond acceptors (Lipinski definition) is 4. The van der Waals surface area contributed by atoms with E-state index in [0.29, 0.717) is 0 Å². The predicted octanol–water partition coefficient (Wildman–Crippen LogP) is 2.50. The molecule has 1 aromatic rings. The Balaban J connectivity index is 3.67. The minimum Gasteiger partial charge on any atom is -0.462 e. The largest absolute Gasteiger partial charge is 0.462 e. The van der Waals surface area contributed by atoms with Crippen LogP contribution in [-0.2, 0) is 4.74 Å². The number of halogens is 3. The van der Waals surface area contributed by atoms with Crippen molar-refractivity contribution in [1.82, 2.24) is 0 Å². The maximum Gasteiger partial charge on any atom is 0.348 e. The summed E-state index contributed by atoms with van der Waals surface area (Å²) in [6, 6.07) is 0. The Labute approximate surface area is 99.3 Å². The van der Waals surface area contributed by atoms with Crippen LogP contribution < -0.4 is 0 Å². The zero-order chi connectivity index (χ0) is 14.0. The van der Waals surface area contributed by atoms with E-state index in [2.05, 4.69) is 4.74 Å². The Morgan fingerprint density at radius 1 is 1.28 bits per heavy atom. The summed E-state index contributed by atoms with van der Waals surface area (Å²) in [7, 11) is 0. The molecule has 0 aliphatic rings. The Morgan fingerprint density at radius 2 is 1.83 bits per heavy atom. The topological polar surface area (TPSA) is 69.4 Å². The van der Waals surface area contributed by atoms with E-state index in [1.165, 1.54) is 6.92 Å². The molecule has 0 atom stereocenters. The molecule has 0 aliphatic heterocycles. The molecule has 1 aromatic carbocycles. The van der Waals surface area contributed by atoms with Crippen LogP contribution in [0, 0.1) is 34.5 Å². The summed E-state index contributed by atoms with van der Waals surface area (Å²) in [6.45, 7) is 2.06. The van der Waals surface area contributed by atoms with E-state index in [0.717, 1.165) is 6.92 Å². The Hall–Kier alpha value is -2.12. The van der Waals surface area contributed by atoms with Crippen LogP contribution in [0.5, 0.6) is 0 Å². The average Bonchev–Trinajstić information content (AvgIpc) is 2.30. The molecule has 0 fully saturated rings. The molecule has 0 spiro atoms. The van der Waals surface area contributed by atoms with Gasteiger partial charge in [-0.1, -0.05) is 0 Å². The third kappa shape index (κ3) is 2.13. The zero-order valence-corrected chi connectivity index (χ0v) is 9.42. The number of rotatable bonds is 3. The molecule has 0 aliphatic carbocycles. The van der Waals surface area contributed by atoms with Gasteiger partial charge in [-0.2, -0.15) is 4.39 Å². The minimum absolute atomic E-state index is 0.187. The quantitative estimate of drug-likeness (QED) is 0.363. The lowest BCUT2D eigenvalue weighted by Crippen LogP contribution is -2.15. The van der Waals surface area contributed by atoms with Gasteiger partial charge >= 0.3 is 11.7 Å². The van der Waals surface area contributed by atoms with Crippen molar-refractivity contribution in [3.63, 3.8) is 0 Å². The smallest absolute Gasteiger partial charge is 0.348 e. The first-order valence-corrected chi connectivity index (χ1v) is 4.81. The van der Waals surface area contributed by atoms with Crippen molar-refractivity contribution in [2.45, 2.75) is 13.8 Å². The second-order valence-electron chi connectivity index (χ2n) is 3.27. The molecule has 0 amide bonds. The van der Waals surface area contributed by atoms with E-state index < -0.39 is 45.2 Å². The molecule has 0 heterocycles. The first kappa shape index (κ1) is 13.9. The first-order chi connectivity index (χ1) is 8.32. The molecule has 0 radical (unpaired) electrons. The van der Waals surface area contributed by atoms with Crippen LogP contribution in [-0.4, -0.2) is 17.5 Å². The van der Waals surface area contributed by atoms with Crippen LogP contribution in [0.2, 0.25) is 0 Å². The molecule has 0 aromatic heterocycles. The molecule has 18 heavy (non-hydrogen) atoms. The van der Waals surface area contributed by atoms with E-state index >= 15 is 0 Å². The number of nitro benzene ring substituents is 1. The van der Waals surface area contributed by atoms with E-state index in [4.69, 9.17) is 0 Å². The summed E-state index contributed by atoms with van der Waals surface area (Å²) in [5.41, 5.74) is -3.59. The fraction of sp³-hybridized carbons (Fsp3) is 0.300. The SMILES string of the molecule is CCOC(=O)c1c(F)c(C)c(F)c(F)c1[N+](=O)[O-]. The molecule has 98 valence electrons. The normalized spacial score (nSPS) is 10.3. The molecule has 0 unspecified atom stereocenters. The van der Waals surface area contributed by atoms with Crippen molar-refractivity contribution < 1.29 is 27.6 Å². The van der Waals surface area contributed by atoms with Gasteiger partial charge in [0.2, 0.25) is 5.82 Å². The lowest BCUT2D eigenvalue weighted by molar-refractivity contribution is -0.388. The maximum absolute atomic E-state index is 13.6. The van der Waals surface area contributed by atoms with Crippen molar-refractivity contribution >= 4 is 11.7 Å². The highest BCUT2D eigenvalue weighted by atomic mass is 19.2. The number of carbonyl (C=O) groups is 1. The van der Waals surface area contributed by atoms with Crippen molar-refractivity contribution in [3.05, 3.63) is 38.7 Å². The molecular formula is C10H8F3NO4. The third-order valence-corrected chi connectivity index (χ3v) is 2.18. The number of nitrogens with zero attached hydrogens (tertiary/aromatic N) is 1. The van der Waals surface area contributed by atoms with Crippen molar-refractivity contribution in [2.24, 2.45) is 0 Å². The molecule has 0 N–H and O–H groups in total. The highest BCUT2D eigenvalue weighted by Gasteiger charge is 2.35. The maximum atomic E-state index is 13.6. The molecule has 1 rings (SSSR count). The number of benzene rings is 1. The molecule has 0 bridgehead atoms. The van der Waals surface area contributed by atoms with Gasteiger partial charge in [-0.05, 0) is 13.8 Å². The number of carbonyl (C=O) groups excluding carboxylic acids is 1. The van der Waals surface area contributed by atoms with Gasteiger partial charge in [0.1, 0.15) is 0 Å². The summed E-state index contributed by atoms with van der Waals surface area (Å²) >= 11 is 0. The molecule has 8 heteroatoms. The van der Waals surface area contributed by atoms with Crippen molar-refractivity contribution in [3.8, 4) is 0 Å². The first-order valence-electron chi connectivity index (χ1n) is 4.81. The van der Waals surface area contributed by atoms with Gasteiger partial charge in [0.25, 0.3) is 0 Å². The number of hydrogen-bond donors (Lipinski definition) is 0. The fourth-order valence-electron chi connectivity index (χ4n) is 1.33. The Morgan fingerprint density at radius 3 is 2.28 bits per heavy atom. The van der Waals surface area contributed by atoms with Gasteiger partial charge < -0.3 is 4.74 Å². The van der Waals surface area contributed by atoms with E-state index in [9.17, 15) is 28.1 Å². The number of esters is 1. The highest BCUT2D eigenvalue weighted by Crippen LogP contribution is 2.31. The highest BCUT2D eigenvalue weighted by molar-refractivity contribution is 5.94. The summed E-state index contributed by atoms with van der Waals surface area (Å²) < 4.78 is 44.5. The average molecular weight is 263 g/mol. The van der Waals surface area contributed by atoms with Crippen LogP contribution in [0.15, 0.2) is 0 Å². The van der Waals surface area contributed by atoms with E-state index in [1.807, 2.05) is 0 Å². The second kappa shape index (κ2) is 5.03. The van der Waals surface area contributed by atoms with E-state index in [-0.39, 0.29) is 6.61 Å². The lowest BCUT2D eigenvalue weighted by atomic mass is 10.1. The van der Waals surface area contributed by atoms with Gasteiger partial charge in [-0.3, -0.25) is 10.1 Å². The van der Waals surface area contributed by atoms with Crippen LogP contribution in [0.25, 0.3) is 0 Å². The molecule has 0 saturated carbocycles. The lowest BCUT2D eigenvalue weighted by Gasteiger charge is -2.08. The van der Waals surface area contributed by atoms with Crippen LogP contribution >= 0.6 is 0 Å². The summed E-state index contributed by atoms with van der Waals surface area (Å²) in [6.07, 6.45) is 0. The minimum atomic E-state index is -1.89. The summed E-state index contributed by atoms with van der Waals surface area (Å²) in [5, 5.41) is 10.6. The summed E-state index contributed by atoms with van der Waals surface area (Å²) in [4.78, 5) is 20.6. The Kier molecular flexibility index (Phi) is 3.89. The van der Waals surface area contributed by atoms with Gasteiger partial charge in [0, 0.05) is 5.56 Å². The van der Waals surface area contributed by atoms with Gasteiger partial charge in [-0.25, -0.2) is 13.6 Å². The second-order valence-corrected chi connectivity index (χ2v) is 3.27. The van der Waals surface area contributed by atoms with Crippen LogP contribution in [0.4, 0.5) is 18.9 Å². The summed E-state index contributed by atoms with van der Waals surface area (Å²) in [5.74, 6) is -6.50. The molecule has 0 saturated heterocycles. The van der Waals surface area contributed by atoms with Gasteiger partial charge in [-0.15, -0.1) is 0 Å². The van der Waals surface area contributed by atoms with Crippen molar-refractivity contribution in [2.75, 3.05) is 6.61 Å². The van der Waals surface area contributed by atoms with Gasteiger partial charge in [0.15, 0.2) is 17.2 Å². The van der Waals surface area contributed by atoms with Crippen LogP contribution in [0.3, 0.4) is 0 Å². The van der Waals surface area contributed by atoms with Crippen LogP contribution in [0.1, 0.15) is 22.8 Å². The zero-order valence-electron chi connectivity index (χ0n) is 9.42. The van der Waals surface area contributed by atoms with E-state index in [1.54, 1.807) is 0 Å². The monoisotopic (exact) mass is 263 g/mol.